The quantitative estimate of drug-likeness (QED) is 0.227. The highest BCUT2D eigenvalue weighted by atomic mass is 35.5. The maximum Gasteiger partial charge on any atom is 0.219 e. The lowest BCUT2D eigenvalue weighted by Crippen LogP contribution is -2.31. The maximum absolute atomic E-state index is 6.14. The Labute approximate surface area is 163 Å². The predicted molar refractivity (Wildman–Crippen MR) is 115 cm³/mol. The van der Waals surface area contributed by atoms with Gasteiger partial charge in [0, 0.05) is 18.3 Å². The minimum atomic E-state index is 0.113. The fourth-order valence-corrected chi connectivity index (χ4v) is 2.83. The van der Waals surface area contributed by atoms with E-state index in [-0.39, 0.29) is 11.9 Å². The van der Waals surface area contributed by atoms with Crippen LogP contribution in [0.1, 0.15) is 71.1 Å². The molecule has 1 rings (SSSR count). The number of nitrogens with zero attached hydrogens (tertiary/aromatic N) is 3. The molecule has 0 aromatic heterocycles. The number of benzene rings is 1. The molecule has 0 aliphatic carbocycles. The molecule has 0 saturated carbocycles. The van der Waals surface area contributed by atoms with Gasteiger partial charge in [-0.3, -0.25) is 4.99 Å². The largest absolute Gasteiger partial charge is 0.368 e. The van der Waals surface area contributed by atoms with Crippen molar-refractivity contribution in [1.29, 1.82) is 0 Å². The van der Waals surface area contributed by atoms with Gasteiger partial charge >= 0.3 is 0 Å². The molecule has 26 heavy (non-hydrogen) atoms. The SMILES string of the molecule is CCCCCCCCCCCCN=C(N)N=C(N)N(Cl)c1ccccc1. The van der Waals surface area contributed by atoms with Gasteiger partial charge in [-0.05, 0) is 18.6 Å². The molecule has 0 radical (unpaired) electrons. The summed E-state index contributed by atoms with van der Waals surface area (Å²) < 4.78 is 1.27. The summed E-state index contributed by atoms with van der Waals surface area (Å²) in [5, 5.41) is 0. The first-order valence-electron chi connectivity index (χ1n) is 9.80. The summed E-state index contributed by atoms with van der Waals surface area (Å²) in [5.74, 6) is 0.280. The molecule has 1 aromatic rings. The number of nitrogens with two attached hydrogens (primary N) is 2. The van der Waals surface area contributed by atoms with Crippen molar-refractivity contribution in [1.82, 2.24) is 0 Å². The Hall–Kier alpha value is -1.75. The molecular weight excluding hydrogens is 346 g/mol. The van der Waals surface area contributed by atoms with Gasteiger partial charge < -0.3 is 11.5 Å². The monoisotopic (exact) mass is 379 g/mol. The van der Waals surface area contributed by atoms with Crippen LogP contribution in [-0.2, 0) is 0 Å². The number of guanidine groups is 2. The third-order valence-electron chi connectivity index (χ3n) is 4.20. The van der Waals surface area contributed by atoms with Crippen LogP contribution in [-0.4, -0.2) is 18.5 Å². The molecular formula is C20H34ClN5. The van der Waals surface area contributed by atoms with Crippen LogP contribution < -0.4 is 15.9 Å². The summed E-state index contributed by atoms with van der Waals surface area (Å²) in [6.45, 7) is 2.93. The van der Waals surface area contributed by atoms with E-state index < -0.39 is 0 Å². The third-order valence-corrected chi connectivity index (χ3v) is 4.57. The average Bonchev–Trinajstić information content (AvgIpc) is 2.66. The lowest BCUT2D eigenvalue weighted by molar-refractivity contribution is 0.558. The lowest BCUT2D eigenvalue weighted by atomic mass is 10.1. The Morgan fingerprint density at radius 3 is 2.00 bits per heavy atom. The predicted octanol–water partition coefficient (Wildman–Crippen LogP) is 5.20. The van der Waals surface area contributed by atoms with Crippen LogP contribution in [0.15, 0.2) is 40.3 Å². The first-order chi connectivity index (χ1) is 12.6. The smallest absolute Gasteiger partial charge is 0.219 e. The minimum Gasteiger partial charge on any atom is -0.368 e. The molecule has 0 amide bonds. The van der Waals surface area contributed by atoms with Crippen molar-refractivity contribution in [2.75, 3.05) is 11.0 Å². The zero-order valence-corrected chi connectivity index (χ0v) is 16.8. The second-order valence-electron chi connectivity index (χ2n) is 6.51. The molecule has 0 bridgehead atoms. The average molecular weight is 380 g/mol. The summed E-state index contributed by atoms with van der Waals surface area (Å²) >= 11 is 6.14. The Bertz CT molecular complexity index is 530. The van der Waals surface area contributed by atoms with Crippen LogP contribution in [0.5, 0.6) is 0 Å². The van der Waals surface area contributed by atoms with E-state index in [0.29, 0.717) is 6.54 Å². The number of hydrogen-bond acceptors (Lipinski definition) is 1. The van der Waals surface area contributed by atoms with Crippen LogP contribution in [0.2, 0.25) is 0 Å². The van der Waals surface area contributed by atoms with E-state index >= 15 is 0 Å². The highest BCUT2D eigenvalue weighted by Crippen LogP contribution is 2.15. The van der Waals surface area contributed by atoms with Gasteiger partial charge in [0.15, 0.2) is 0 Å². The van der Waals surface area contributed by atoms with Gasteiger partial charge in [0.1, 0.15) is 0 Å². The summed E-state index contributed by atoms with van der Waals surface area (Å²) in [4.78, 5) is 8.30. The zero-order valence-electron chi connectivity index (χ0n) is 16.0. The number of rotatable bonds is 12. The third kappa shape index (κ3) is 10.3. The van der Waals surface area contributed by atoms with E-state index in [1.807, 2.05) is 30.3 Å². The summed E-state index contributed by atoms with van der Waals surface area (Å²) in [6.07, 6.45) is 13.0. The molecule has 4 N–H and O–H groups in total. The molecule has 0 heterocycles. The molecule has 0 saturated heterocycles. The van der Waals surface area contributed by atoms with Crippen LogP contribution >= 0.6 is 11.8 Å². The van der Waals surface area contributed by atoms with Crippen LogP contribution in [0.3, 0.4) is 0 Å². The van der Waals surface area contributed by atoms with Crippen molar-refractivity contribution >= 4 is 29.4 Å². The number of halogens is 1. The molecule has 0 unspecified atom stereocenters. The van der Waals surface area contributed by atoms with E-state index in [1.165, 1.54) is 62.2 Å². The molecule has 0 fully saturated rings. The van der Waals surface area contributed by atoms with Gasteiger partial charge in [0.25, 0.3) is 0 Å². The zero-order chi connectivity index (χ0) is 19.0. The number of para-hydroxylation sites is 1. The minimum absolute atomic E-state index is 0.113. The Morgan fingerprint density at radius 2 is 1.42 bits per heavy atom. The highest BCUT2D eigenvalue weighted by molar-refractivity contribution is 6.37. The normalized spacial score (nSPS) is 12.4. The molecule has 5 nitrogen and oxygen atoms in total. The van der Waals surface area contributed by atoms with Crippen molar-refractivity contribution in [2.24, 2.45) is 21.5 Å². The van der Waals surface area contributed by atoms with Crippen molar-refractivity contribution < 1.29 is 0 Å². The Morgan fingerprint density at radius 1 is 0.885 bits per heavy atom. The Kier molecular flexibility index (Phi) is 12.4. The van der Waals surface area contributed by atoms with Gasteiger partial charge in [0.05, 0.1) is 5.69 Å². The first kappa shape index (κ1) is 22.3. The van der Waals surface area contributed by atoms with E-state index in [0.717, 1.165) is 12.1 Å². The van der Waals surface area contributed by atoms with Crippen LogP contribution in [0, 0.1) is 0 Å². The van der Waals surface area contributed by atoms with Crippen LogP contribution in [0.25, 0.3) is 0 Å². The summed E-state index contributed by atoms with van der Waals surface area (Å²) in [7, 11) is 0. The molecule has 6 heteroatoms. The van der Waals surface area contributed by atoms with Gasteiger partial charge in [-0.2, -0.15) is 4.99 Å². The first-order valence-corrected chi connectivity index (χ1v) is 10.1. The molecule has 1 aromatic carbocycles. The second kappa shape index (κ2) is 14.4. The summed E-state index contributed by atoms with van der Waals surface area (Å²) in [5.41, 5.74) is 12.4. The maximum atomic E-state index is 6.14. The van der Waals surface area contributed by atoms with E-state index in [1.54, 1.807) is 0 Å². The van der Waals surface area contributed by atoms with E-state index in [4.69, 9.17) is 23.2 Å². The standard InChI is InChI=1S/C20H34ClN5/c1-2-3-4-5-6-7-8-9-10-14-17-24-19(22)25-20(23)26(21)18-15-12-11-13-16-18/h11-13,15-16H,2-10,14,17H2,1H3,(H4,22,23,24,25). The molecule has 0 spiro atoms. The fourth-order valence-electron chi connectivity index (χ4n) is 2.68. The van der Waals surface area contributed by atoms with Gasteiger partial charge in [-0.25, -0.2) is 4.42 Å². The molecule has 0 aliphatic heterocycles. The lowest BCUT2D eigenvalue weighted by Gasteiger charge is -2.13. The van der Waals surface area contributed by atoms with Crippen molar-refractivity contribution in [3.63, 3.8) is 0 Å². The van der Waals surface area contributed by atoms with Crippen LogP contribution in [0.4, 0.5) is 5.69 Å². The number of anilines is 1. The molecule has 146 valence electrons. The second-order valence-corrected chi connectivity index (χ2v) is 6.85. The van der Waals surface area contributed by atoms with Crippen molar-refractivity contribution in [3.8, 4) is 0 Å². The number of aliphatic imine (C=N–C) groups is 2. The number of hydrogen-bond donors (Lipinski definition) is 2. The van der Waals surface area contributed by atoms with Gasteiger partial charge in [-0.1, -0.05) is 82.9 Å². The topological polar surface area (TPSA) is 80.0 Å². The van der Waals surface area contributed by atoms with Gasteiger partial charge in [0.2, 0.25) is 11.9 Å². The van der Waals surface area contributed by atoms with E-state index in [2.05, 4.69) is 16.9 Å². The fraction of sp³-hybridized carbons (Fsp3) is 0.600. The van der Waals surface area contributed by atoms with E-state index in [9.17, 15) is 0 Å². The molecule has 0 atom stereocenters. The Balaban J connectivity index is 2.15. The van der Waals surface area contributed by atoms with Gasteiger partial charge in [-0.15, -0.1) is 0 Å². The summed E-state index contributed by atoms with van der Waals surface area (Å²) in [6, 6.07) is 9.34. The number of unbranched alkanes of at least 4 members (excludes halogenated alkanes) is 9. The van der Waals surface area contributed by atoms with Crippen molar-refractivity contribution in [3.05, 3.63) is 30.3 Å². The van der Waals surface area contributed by atoms with Crippen molar-refractivity contribution in [2.45, 2.75) is 71.1 Å². The highest BCUT2D eigenvalue weighted by Gasteiger charge is 2.07. The molecule has 0 aliphatic rings.